The van der Waals surface area contributed by atoms with Gasteiger partial charge >= 0.3 is 0 Å². The Kier molecular flexibility index (Phi) is 5.46. The minimum absolute atomic E-state index is 0.0900. The second kappa shape index (κ2) is 7.94. The quantitative estimate of drug-likeness (QED) is 0.851. The van der Waals surface area contributed by atoms with Crippen LogP contribution in [-0.4, -0.2) is 24.9 Å². The van der Waals surface area contributed by atoms with Crippen molar-refractivity contribution in [2.75, 3.05) is 23.3 Å². The van der Waals surface area contributed by atoms with E-state index in [0.29, 0.717) is 6.42 Å². The van der Waals surface area contributed by atoms with E-state index in [1.165, 1.54) is 0 Å². The SMILES string of the molecule is C[C@H](NCC(=O)Nc1ccc(N2CCCC2=O)cc1)c1ccccc1. The number of rotatable bonds is 6. The predicted octanol–water partition coefficient (Wildman–Crippen LogP) is 3.10. The van der Waals surface area contributed by atoms with E-state index in [-0.39, 0.29) is 24.4 Å². The summed E-state index contributed by atoms with van der Waals surface area (Å²) in [5.41, 5.74) is 2.76. The van der Waals surface area contributed by atoms with Crippen molar-refractivity contribution in [2.24, 2.45) is 0 Å². The zero-order valence-corrected chi connectivity index (χ0v) is 14.4. The largest absolute Gasteiger partial charge is 0.325 e. The summed E-state index contributed by atoms with van der Waals surface area (Å²) >= 11 is 0. The van der Waals surface area contributed by atoms with Gasteiger partial charge in [-0.25, -0.2) is 0 Å². The van der Waals surface area contributed by atoms with Crippen molar-refractivity contribution in [1.29, 1.82) is 0 Å². The first-order valence-electron chi connectivity index (χ1n) is 8.62. The van der Waals surface area contributed by atoms with E-state index in [4.69, 9.17) is 0 Å². The van der Waals surface area contributed by atoms with E-state index in [0.717, 1.165) is 29.9 Å². The molecule has 2 amide bonds. The molecule has 2 aromatic rings. The molecule has 5 heteroatoms. The standard InChI is InChI=1S/C20H23N3O2/c1-15(16-6-3-2-4-7-16)21-14-19(24)22-17-9-11-18(12-10-17)23-13-5-8-20(23)25/h2-4,6-7,9-12,15,21H,5,8,13-14H2,1H3,(H,22,24)/t15-/m0/s1. The molecule has 3 rings (SSSR count). The number of nitrogens with zero attached hydrogens (tertiary/aromatic N) is 1. The molecule has 1 heterocycles. The highest BCUT2D eigenvalue weighted by Gasteiger charge is 2.21. The summed E-state index contributed by atoms with van der Waals surface area (Å²) in [5, 5.41) is 6.09. The second-order valence-corrected chi connectivity index (χ2v) is 6.26. The van der Waals surface area contributed by atoms with Gasteiger partial charge in [0.25, 0.3) is 0 Å². The van der Waals surface area contributed by atoms with Gasteiger partial charge in [-0.05, 0) is 43.2 Å². The summed E-state index contributed by atoms with van der Waals surface area (Å²) in [6.45, 7) is 3.04. The highest BCUT2D eigenvalue weighted by atomic mass is 16.2. The number of amides is 2. The fraction of sp³-hybridized carbons (Fsp3) is 0.300. The van der Waals surface area contributed by atoms with Gasteiger partial charge in [-0.15, -0.1) is 0 Å². The number of carbonyl (C=O) groups is 2. The third kappa shape index (κ3) is 4.45. The van der Waals surface area contributed by atoms with E-state index in [1.54, 1.807) is 4.90 Å². The van der Waals surface area contributed by atoms with Gasteiger partial charge in [0.05, 0.1) is 6.54 Å². The molecule has 0 aromatic heterocycles. The maximum Gasteiger partial charge on any atom is 0.238 e. The van der Waals surface area contributed by atoms with Crippen molar-refractivity contribution >= 4 is 23.2 Å². The van der Waals surface area contributed by atoms with Crippen LogP contribution in [-0.2, 0) is 9.59 Å². The Morgan fingerprint density at radius 1 is 1.12 bits per heavy atom. The normalized spacial score (nSPS) is 15.2. The van der Waals surface area contributed by atoms with Crippen molar-refractivity contribution in [3.8, 4) is 0 Å². The minimum Gasteiger partial charge on any atom is -0.325 e. The summed E-state index contributed by atoms with van der Waals surface area (Å²) in [5.74, 6) is 0.0728. The number of hydrogen-bond acceptors (Lipinski definition) is 3. The van der Waals surface area contributed by atoms with Gasteiger partial charge in [-0.3, -0.25) is 9.59 Å². The molecule has 0 aliphatic carbocycles. The molecule has 2 N–H and O–H groups in total. The van der Waals surface area contributed by atoms with Gasteiger partial charge in [0, 0.05) is 30.4 Å². The van der Waals surface area contributed by atoms with Gasteiger partial charge in [-0.1, -0.05) is 30.3 Å². The first-order valence-corrected chi connectivity index (χ1v) is 8.62. The first kappa shape index (κ1) is 17.2. The van der Waals surface area contributed by atoms with Gasteiger partial charge in [0.15, 0.2) is 0 Å². The summed E-state index contributed by atoms with van der Waals surface area (Å²) in [6.07, 6.45) is 1.52. The molecule has 0 saturated carbocycles. The van der Waals surface area contributed by atoms with E-state index in [9.17, 15) is 9.59 Å². The number of carbonyl (C=O) groups excluding carboxylic acids is 2. The fourth-order valence-corrected chi connectivity index (χ4v) is 2.96. The predicted molar refractivity (Wildman–Crippen MR) is 99.5 cm³/mol. The monoisotopic (exact) mass is 337 g/mol. The molecule has 0 spiro atoms. The number of nitrogens with one attached hydrogen (secondary N) is 2. The van der Waals surface area contributed by atoms with E-state index >= 15 is 0 Å². The molecule has 1 fully saturated rings. The fourth-order valence-electron chi connectivity index (χ4n) is 2.96. The average Bonchev–Trinajstić information content (AvgIpc) is 3.07. The Morgan fingerprint density at radius 3 is 2.48 bits per heavy atom. The molecule has 0 radical (unpaired) electrons. The lowest BCUT2D eigenvalue weighted by Gasteiger charge is -2.16. The Bertz CT molecular complexity index is 728. The molecule has 1 saturated heterocycles. The van der Waals surface area contributed by atoms with Crippen LogP contribution in [0.4, 0.5) is 11.4 Å². The van der Waals surface area contributed by atoms with Gasteiger partial charge in [0.2, 0.25) is 11.8 Å². The third-order valence-electron chi connectivity index (χ3n) is 4.40. The van der Waals surface area contributed by atoms with Crippen molar-refractivity contribution in [3.05, 3.63) is 60.2 Å². The van der Waals surface area contributed by atoms with Gasteiger partial charge in [-0.2, -0.15) is 0 Å². The smallest absolute Gasteiger partial charge is 0.238 e. The molecule has 0 unspecified atom stereocenters. The Morgan fingerprint density at radius 2 is 1.84 bits per heavy atom. The lowest BCUT2D eigenvalue weighted by Crippen LogP contribution is -2.30. The average molecular weight is 337 g/mol. The van der Waals surface area contributed by atoms with Crippen LogP contribution in [0.3, 0.4) is 0 Å². The molecule has 1 atom stereocenters. The molecule has 5 nitrogen and oxygen atoms in total. The van der Waals surface area contributed by atoms with Crippen LogP contribution >= 0.6 is 0 Å². The summed E-state index contributed by atoms with van der Waals surface area (Å²) in [7, 11) is 0. The first-order chi connectivity index (χ1) is 12.1. The van der Waals surface area contributed by atoms with Crippen molar-refractivity contribution < 1.29 is 9.59 Å². The molecule has 0 bridgehead atoms. The van der Waals surface area contributed by atoms with Gasteiger partial charge < -0.3 is 15.5 Å². The highest BCUT2D eigenvalue weighted by molar-refractivity contribution is 5.96. The van der Waals surface area contributed by atoms with Crippen LogP contribution in [0.15, 0.2) is 54.6 Å². The van der Waals surface area contributed by atoms with Crippen LogP contribution in [0.2, 0.25) is 0 Å². The summed E-state index contributed by atoms with van der Waals surface area (Å²) < 4.78 is 0. The number of benzene rings is 2. The minimum atomic E-state index is -0.0900. The van der Waals surface area contributed by atoms with Crippen LogP contribution in [0.5, 0.6) is 0 Å². The summed E-state index contributed by atoms with van der Waals surface area (Å²) in [6, 6.07) is 17.5. The third-order valence-corrected chi connectivity index (χ3v) is 4.40. The van der Waals surface area contributed by atoms with Gasteiger partial charge in [0.1, 0.15) is 0 Å². The van der Waals surface area contributed by atoms with E-state index in [2.05, 4.69) is 10.6 Å². The Labute approximate surface area is 148 Å². The maximum absolute atomic E-state index is 12.1. The molecule has 1 aliphatic heterocycles. The van der Waals surface area contributed by atoms with Crippen LogP contribution in [0.1, 0.15) is 31.4 Å². The molecule has 2 aromatic carbocycles. The Balaban J connectivity index is 1.50. The lowest BCUT2D eigenvalue weighted by atomic mass is 10.1. The van der Waals surface area contributed by atoms with E-state index in [1.807, 2.05) is 61.5 Å². The lowest BCUT2D eigenvalue weighted by molar-refractivity contribution is -0.117. The Hall–Kier alpha value is -2.66. The number of hydrogen-bond donors (Lipinski definition) is 2. The maximum atomic E-state index is 12.1. The zero-order valence-electron chi connectivity index (χ0n) is 14.4. The second-order valence-electron chi connectivity index (χ2n) is 6.26. The van der Waals surface area contributed by atoms with Crippen molar-refractivity contribution in [2.45, 2.75) is 25.8 Å². The molecular formula is C20H23N3O2. The van der Waals surface area contributed by atoms with Crippen molar-refractivity contribution in [3.63, 3.8) is 0 Å². The summed E-state index contributed by atoms with van der Waals surface area (Å²) in [4.78, 5) is 25.6. The molecular weight excluding hydrogens is 314 g/mol. The molecule has 130 valence electrons. The van der Waals surface area contributed by atoms with Crippen LogP contribution in [0, 0.1) is 0 Å². The van der Waals surface area contributed by atoms with Crippen molar-refractivity contribution in [1.82, 2.24) is 5.32 Å². The topological polar surface area (TPSA) is 61.4 Å². The van der Waals surface area contributed by atoms with E-state index < -0.39 is 0 Å². The molecule has 25 heavy (non-hydrogen) atoms. The highest BCUT2D eigenvalue weighted by Crippen LogP contribution is 2.23. The molecule has 1 aliphatic rings. The van der Waals surface area contributed by atoms with Crippen LogP contribution in [0.25, 0.3) is 0 Å². The zero-order chi connectivity index (χ0) is 17.6. The number of anilines is 2. The van der Waals surface area contributed by atoms with Crippen LogP contribution < -0.4 is 15.5 Å².